The molecule has 2 aromatic heterocycles. The predicted molar refractivity (Wildman–Crippen MR) is 126 cm³/mol. The average molecular weight is 492 g/mol. The topological polar surface area (TPSA) is 123 Å². The van der Waals surface area contributed by atoms with Gasteiger partial charge in [0.2, 0.25) is 11.8 Å². The number of nitrogens with zero attached hydrogens (tertiary/aromatic N) is 5. The Kier molecular flexibility index (Phi) is 5.44. The minimum atomic E-state index is -2.80. The molecule has 1 amide bonds. The van der Waals surface area contributed by atoms with E-state index in [1.54, 1.807) is 16.8 Å². The zero-order chi connectivity index (χ0) is 24.7. The highest BCUT2D eigenvalue weighted by molar-refractivity contribution is 6.06. The van der Waals surface area contributed by atoms with E-state index < -0.39 is 17.9 Å². The van der Waals surface area contributed by atoms with Crippen LogP contribution >= 0.6 is 0 Å². The van der Waals surface area contributed by atoms with Gasteiger partial charge in [-0.15, -0.1) is 15.3 Å². The fourth-order valence-electron chi connectivity index (χ4n) is 4.57. The van der Waals surface area contributed by atoms with Crippen molar-refractivity contribution in [2.24, 2.45) is 0 Å². The second kappa shape index (κ2) is 8.79. The molecule has 10 nitrogen and oxygen atoms in total. The maximum Gasteiger partial charge on any atom is 0.314 e. The van der Waals surface area contributed by atoms with Crippen LogP contribution in [0, 0.1) is 0 Å². The summed E-state index contributed by atoms with van der Waals surface area (Å²) in [4.78, 5) is 12.7. The van der Waals surface area contributed by atoms with Crippen LogP contribution in [0.5, 0.6) is 0 Å². The van der Waals surface area contributed by atoms with Gasteiger partial charge in [-0.2, -0.15) is 8.78 Å². The molecule has 0 unspecified atom stereocenters. The van der Waals surface area contributed by atoms with E-state index in [1.807, 2.05) is 36.5 Å². The molecule has 1 spiro atoms. The van der Waals surface area contributed by atoms with Gasteiger partial charge in [0.25, 0.3) is 5.89 Å². The van der Waals surface area contributed by atoms with E-state index in [4.69, 9.17) is 4.42 Å². The number of carbonyl (C=O) groups is 1. The zero-order valence-electron chi connectivity index (χ0n) is 19.0. The molecule has 0 saturated carbocycles. The van der Waals surface area contributed by atoms with Crippen LogP contribution in [0.3, 0.4) is 0 Å². The van der Waals surface area contributed by atoms with Crippen LogP contribution in [-0.4, -0.2) is 49.7 Å². The summed E-state index contributed by atoms with van der Waals surface area (Å²) in [6, 6.07) is 12.9. The monoisotopic (exact) mass is 492 g/mol. The smallest absolute Gasteiger partial charge is 0.314 e. The third-order valence-electron chi connectivity index (χ3n) is 6.54. The summed E-state index contributed by atoms with van der Waals surface area (Å²) in [6.07, 6.45) is 0.487. The molecule has 3 N–H and O–H groups in total. The lowest BCUT2D eigenvalue weighted by Gasteiger charge is -2.41. The third-order valence-corrected chi connectivity index (χ3v) is 6.54. The number of aromatic nitrogens is 5. The third kappa shape index (κ3) is 4.09. The summed E-state index contributed by atoms with van der Waals surface area (Å²) in [5.41, 5.74) is 4.11. The van der Waals surface area contributed by atoms with Gasteiger partial charge < -0.3 is 20.4 Å². The largest absolute Gasteiger partial charge is 0.415 e. The maximum absolute atomic E-state index is 12.7. The summed E-state index contributed by atoms with van der Waals surface area (Å²) in [7, 11) is 0. The second-order valence-corrected chi connectivity index (χ2v) is 8.92. The van der Waals surface area contributed by atoms with E-state index in [-0.39, 0.29) is 11.8 Å². The highest BCUT2D eigenvalue weighted by Crippen LogP contribution is 2.37. The fourth-order valence-corrected chi connectivity index (χ4v) is 4.57. The van der Waals surface area contributed by atoms with Crippen molar-refractivity contribution in [1.82, 2.24) is 30.5 Å². The van der Waals surface area contributed by atoms with Crippen LogP contribution in [0.2, 0.25) is 0 Å². The van der Waals surface area contributed by atoms with Crippen LogP contribution in [0.4, 0.5) is 20.2 Å². The molecule has 0 atom stereocenters. The standard InChI is InChI=1S/C24H22F2N8O2/c25-20(26)22-32-31-21(36-22)15-3-1-14(2-4-15)12-34-13-19(30-33-34)16-5-6-17-18(11-16)29-24(23(35)28-17)7-9-27-10-8-24/h1-6,11,13,20,27,29H,7-10,12H2,(H,28,35). The zero-order valence-corrected chi connectivity index (χ0v) is 19.0. The van der Waals surface area contributed by atoms with Crippen molar-refractivity contribution in [2.45, 2.75) is 31.4 Å². The number of hydrogen-bond acceptors (Lipinski definition) is 8. The molecule has 2 aliphatic heterocycles. The number of piperidine rings is 1. The van der Waals surface area contributed by atoms with E-state index in [2.05, 4.69) is 36.5 Å². The summed E-state index contributed by atoms with van der Waals surface area (Å²) >= 11 is 0. The van der Waals surface area contributed by atoms with Gasteiger partial charge in [-0.3, -0.25) is 4.79 Å². The van der Waals surface area contributed by atoms with Gasteiger partial charge in [0, 0.05) is 11.1 Å². The summed E-state index contributed by atoms with van der Waals surface area (Å²) in [6.45, 7) is 2.04. The van der Waals surface area contributed by atoms with Gasteiger partial charge >= 0.3 is 6.43 Å². The van der Waals surface area contributed by atoms with Crippen LogP contribution in [0.1, 0.15) is 30.7 Å². The summed E-state index contributed by atoms with van der Waals surface area (Å²) in [5.74, 6) is -0.645. The molecule has 1 fully saturated rings. The molecule has 1 saturated heterocycles. The van der Waals surface area contributed by atoms with Crippen molar-refractivity contribution in [3.63, 3.8) is 0 Å². The number of rotatable bonds is 5. The average Bonchev–Trinajstić information content (AvgIpc) is 3.56. The Morgan fingerprint density at radius 2 is 1.78 bits per heavy atom. The van der Waals surface area contributed by atoms with Gasteiger partial charge in [0.1, 0.15) is 11.2 Å². The molecule has 36 heavy (non-hydrogen) atoms. The number of alkyl halides is 2. The molecule has 2 aromatic carbocycles. The van der Waals surface area contributed by atoms with Crippen molar-refractivity contribution in [3.05, 3.63) is 60.1 Å². The Morgan fingerprint density at radius 3 is 2.53 bits per heavy atom. The lowest BCUT2D eigenvalue weighted by Crippen LogP contribution is -2.57. The Labute approximate surface area is 204 Å². The first kappa shape index (κ1) is 22.3. The summed E-state index contributed by atoms with van der Waals surface area (Å²) < 4.78 is 32.1. The Morgan fingerprint density at radius 1 is 1.00 bits per heavy atom. The van der Waals surface area contributed by atoms with Crippen LogP contribution < -0.4 is 16.0 Å². The first-order valence-corrected chi connectivity index (χ1v) is 11.5. The summed E-state index contributed by atoms with van der Waals surface area (Å²) in [5, 5.41) is 25.4. The molecule has 4 aromatic rings. The number of carbonyl (C=O) groups excluding carboxylic acids is 1. The molecular formula is C24H22F2N8O2. The van der Waals surface area contributed by atoms with Crippen molar-refractivity contribution >= 4 is 17.3 Å². The first-order valence-electron chi connectivity index (χ1n) is 11.5. The number of amides is 1. The molecule has 12 heteroatoms. The lowest BCUT2D eigenvalue weighted by molar-refractivity contribution is -0.121. The van der Waals surface area contributed by atoms with Crippen LogP contribution in [-0.2, 0) is 11.3 Å². The van der Waals surface area contributed by atoms with E-state index in [9.17, 15) is 13.6 Å². The van der Waals surface area contributed by atoms with Gasteiger partial charge in [0.15, 0.2) is 0 Å². The van der Waals surface area contributed by atoms with Crippen molar-refractivity contribution < 1.29 is 18.0 Å². The van der Waals surface area contributed by atoms with Crippen molar-refractivity contribution in [2.75, 3.05) is 23.7 Å². The van der Waals surface area contributed by atoms with E-state index in [1.165, 1.54) is 0 Å². The second-order valence-electron chi connectivity index (χ2n) is 8.92. The molecule has 0 bridgehead atoms. The maximum atomic E-state index is 12.7. The van der Waals surface area contributed by atoms with Crippen LogP contribution in [0.25, 0.3) is 22.7 Å². The number of benzene rings is 2. The minimum Gasteiger partial charge on any atom is -0.415 e. The SMILES string of the molecule is O=C1Nc2ccc(-c3cn(Cc4ccc(-c5nnc(C(F)F)o5)cc4)nn3)cc2NC12CCNCC2. The normalized spacial score (nSPS) is 16.6. The van der Waals surface area contributed by atoms with Gasteiger partial charge in [-0.05, 0) is 55.8 Å². The minimum absolute atomic E-state index is 0.00904. The highest BCUT2D eigenvalue weighted by Gasteiger charge is 2.42. The molecular weight excluding hydrogens is 470 g/mol. The number of nitrogens with one attached hydrogen (secondary N) is 3. The fraction of sp³-hybridized carbons (Fsp3) is 0.292. The quantitative estimate of drug-likeness (QED) is 0.387. The molecule has 0 radical (unpaired) electrons. The Bertz CT molecular complexity index is 1410. The highest BCUT2D eigenvalue weighted by atomic mass is 19.3. The van der Waals surface area contributed by atoms with Crippen LogP contribution in [0.15, 0.2) is 53.1 Å². The Balaban J connectivity index is 1.17. The molecule has 6 rings (SSSR count). The van der Waals surface area contributed by atoms with Gasteiger partial charge in [0.05, 0.1) is 24.1 Å². The molecule has 0 aliphatic carbocycles. The van der Waals surface area contributed by atoms with Crippen molar-refractivity contribution in [3.8, 4) is 22.7 Å². The molecule has 2 aliphatic rings. The van der Waals surface area contributed by atoms with E-state index in [0.29, 0.717) is 17.8 Å². The lowest BCUT2D eigenvalue weighted by atomic mass is 9.85. The number of fused-ring (bicyclic) bond motifs is 1. The Hall–Kier alpha value is -4.19. The van der Waals surface area contributed by atoms with Gasteiger partial charge in [-0.25, -0.2) is 4.68 Å². The van der Waals surface area contributed by atoms with Gasteiger partial charge in [-0.1, -0.05) is 23.4 Å². The molecule has 4 heterocycles. The first-order chi connectivity index (χ1) is 17.5. The number of halogens is 2. The van der Waals surface area contributed by atoms with E-state index in [0.717, 1.165) is 48.4 Å². The number of anilines is 2. The predicted octanol–water partition coefficient (Wildman–Crippen LogP) is 3.47. The number of hydrogen-bond donors (Lipinski definition) is 3. The van der Waals surface area contributed by atoms with Crippen molar-refractivity contribution in [1.29, 1.82) is 0 Å². The molecule has 184 valence electrons. The van der Waals surface area contributed by atoms with E-state index >= 15 is 0 Å².